The SMILES string of the molecule is O=C(O)CCSN=Nc1nc2nc[nH]c(=O)c2[nH]1. The maximum atomic E-state index is 11.3. The van der Waals surface area contributed by atoms with Crippen LogP contribution in [0.2, 0.25) is 0 Å². The summed E-state index contributed by atoms with van der Waals surface area (Å²) in [6.07, 6.45) is 1.25. The molecule has 2 aromatic heterocycles. The number of aliphatic carboxylic acids is 1. The molecule has 2 aromatic rings. The van der Waals surface area contributed by atoms with Gasteiger partial charge in [0.2, 0.25) is 5.95 Å². The highest BCUT2D eigenvalue weighted by Crippen LogP contribution is 2.14. The number of nitrogens with zero attached hydrogens (tertiary/aromatic N) is 4. The van der Waals surface area contributed by atoms with Gasteiger partial charge < -0.3 is 15.1 Å². The van der Waals surface area contributed by atoms with E-state index in [2.05, 4.69) is 29.6 Å². The molecule has 2 heterocycles. The highest BCUT2D eigenvalue weighted by Gasteiger charge is 2.05. The molecular formula is C8H8N6O3S. The van der Waals surface area contributed by atoms with Gasteiger partial charge >= 0.3 is 5.97 Å². The second-order valence-electron chi connectivity index (χ2n) is 3.15. The third-order valence-electron chi connectivity index (χ3n) is 1.88. The minimum atomic E-state index is -0.892. The Balaban J connectivity index is 2.04. The Morgan fingerprint density at radius 2 is 2.39 bits per heavy atom. The Morgan fingerprint density at radius 1 is 1.56 bits per heavy atom. The lowest BCUT2D eigenvalue weighted by Crippen LogP contribution is -2.05. The summed E-state index contributed by atoms with van der Waals surface area (Å²) in [7, 11) is 0. The number of hydrogen-bond acceptors (Lipinski definition) is 7. The monoisotopic (exact) mass is 268 g/mol. The van der Waals surface area contributed by atoms with Crippen molar-refractivity contribution in [2.45, 2.75) is 6.42 Å². The Morgan fingerprint density at radius 3 is 3.11 bits per heavy atom. The van der Waals surface area contributed by atoms with E-state index in [0.717, 1.165) is 11.9 Å². The van der Waals surface area contributed by atoms with E-state index in [4.69, 9.17) is 5.11 Å². The Kier molecular flexibility index (Phi) is 3.67. The molecule has 0 aromatic carbocycles. The van der Waals surface area contributed by atoms with Crippen molar-refractivity contribution in [3.05, 3.63) is 16.7 Å². The van der Waals surface area contributed by atoms with Crippen LogP contribution in [-0.4, -0.2) is 36.8 Å². The highest BCUT2D eigenvalue weighted by molar-refractivity contribution is 7.97. The van der Waals surface area contributed by atoms with Crippen LogP contribution in [0.25, 0.3) is 11.2 Å². The fourth-order valence-electron chi connectivity index (χ4n) is 1.12. The van der Waals surface area contributed by atoms with E-state index in [-0.39, 0.29) is 29.1 Å². The molecule has 0 amide bonds. The van der Waals surface area contributed by atoms with E-state index in [1.165, 1.54) is 6.33 Å². The van der Waals surface area contributed by atoms with Crippen LogP contribution in [0.1, 0.15) is 6.42 Å². The molecule has 0 unspecified atom stereocenters. The van der Waals surface area contributed by atoms with E-state index >= 15 is 0 Å². The minimum absolute atomic E-state index is 0.00500. The summed E-state index contributed by atoms with van der Waals surface area (Å²) in [5.74, 6) is -0.424. The predicted molar refractivity (Wildman–Crippen MR) is 63.7 cm³/mol. The van der Waals surface area contributed by atoms with Crippen LogP contribution in [-0.2, 0) is 4.79 Å². The van der Waals surface area contributed by atoms with Gasteiger partial charge in [-0.3, -0.25) is 9.59 Å². The van der Waals surface area contributed by atoms with Gasteiger partial charge in [0, 0.05) is 5.75 Å². The normalized spacial score (nSPS) is 11.3. The van der Waals surface area contributed by atoms with Gasteiger partial charge in [-0.15, -0.1) is 9.63 Å². The number of hydrogen-bond donors (Lipinski definition) is 3. The molecule has 0 saturated carbocycles. The number of carbonyl (C=O) groups is 1. The number of aromatic amines is 2. The number of fused-ring (bicyclic) bond motifs is 1. The third-order valence-corrected chi connectivity index (χ3v) is 2.47. The van der Waals surface area contributed by atoms with Crippen molar-refractivity contribution in [2.75, 3.05) is 5.75 Å². The molecule has 0 bridgehead atoms. The summed E-state index contributed by atoms with van der Waals surface area (Å²) < 4.78 is 3.68. The third kappa shape index (κ3) is 2.91. The Bertz CT molecular complexity index is 648. The fraction of sp³-hybridized carbons (Fsp3) is 0.250. The van der Waals surface area contributed by atoms with Gasteiger partial charge in [-0.25, -0.2) is 4.98 Å². The number of H-pyrrole nitrogens is 2. The van der Waals surface area contributed by atoms with Crippen LogP contribution in [0, 0.1) is 0 Å². The standard InChI is InChI=1S/C8H8N6O3S/c15-4(16)1-2-18-14-13-8-11-5-6(12-8)9-3-10-7(5)17/h3H,1-2H2,(H,15,16)(H2,9,10,11,12,17). The van der Waals surface area contributed by atoms with Crippen LogP contribution < -0.4 is 5.56 Å². The summed E-state index contributed by atoms with van der Waals surface area (Å²) in [5, 5.41) is 12.1. The van der Waals surface area contributed by atoms with Crippen molar-refractivity contribution < 1.29 is 9.90 Å². The predicted octanol–water partition coefficient (Wildman–Crippen LogP) is 0.853. The zero-order valence-corrected chi connectivity index (χ0v) is 9.77. The molecule has 10 heteroatoms. The average molecular weight is 268 g/mol. The quantitative estimate of drug-likeness (QED) is 0.417. The lowest BCUT2D eigenvalue weighted by molar-refractivity contribution is -0.136. The molecule has 0 radical (unpaired) electrons. The van der Waals surface area contributed by atoms with Crippen molar-refractivity contribution in [3.8, 4) is 0 Å². The molecule has 0 spiro atoms. The smallest absolute Gasteiger partial charge is 0.304 e. The van der Waals surface area contributed by atoms with Gasteiger partial charge in [0.25, 0.3) is 5.56 Å². The van der Waals surface area contributed by atoms with Gasteiger partial charge in [-0.1, -0.05) is 0 Å². The van der Waals surface area contributed by atoms with Crippen molar-refractivity contribution in [3.63, 3.8) is 0 Å². The zero-order chi connectivity index (χ0) is 13.0. The molecule has 0 saturated heterocycles. The van der Waals surface area contributed by atoms with Crippen LogP contribution in [0.5, 0.6) is 0 Å². The summed E-state index contributed by atoms with van der Waals surface area (Å²) in [6.45, 7) is 0. The number of imidazole rings is 1. The molecule has 0 aliphatic carbocycles. The summed E-state index contributed by atoms with van der Waals surface area (Å²) in [6, 6.07) is 0. The second kappa shape index (κ2) is 5.40. The van der Waals surface area contributed by atoms with E-state index in [9.17, 15) is 9.59 Å². The van der Waals surface area contributed by atoms with Crippen LogP contribution in [0.15, 0.2) is 20.8 Å². The van der Waals surface area contributed by atoms with Crippen LogP contribution in [0.3, 0.4) is 0 Å². The maximum absolute atomic E-state index is 11.3. The molecule has 3 N–H and O–H groups in total. The van der Waals surface area contributed by atoms with E-state index in [1.807, 2.05) is 0 Å². The first kappa shape index (κ1) is 12.2. The van der Waals surface area contributed by atoms with E-state index < -0.39 is 5.97 Å². The Labute approximate surface area is 104 Å². The maximum Gasteiger partial charge on any atom is 0.304 e. The number of rotatable bonds is 5. The Hall–Kier alpha value is -2.23. The molecule has 18 heavy (non-hydrogen) atoms. The number of aromatic nitrogens is 4. The lowest BCUT2D eigenvalue weighted by atomic mass is 10.5. The number of carboxylic acid groups (broad SMARTS) is 1. The van der Waals surface area contributed by atoms with Crippen molar-refractivity contribution in [2.24, 2.45) is 9.63 Å². The van der Waals surface area contributed by atoms with Crippen LogP contribution in [0.4, 0.5) is 5.95 Å². The molecular weight excluding hydrogens is 260 g/mol. The zero-order valence-electron chi connectivity index (χ0n) is 8.95. The van der Waals surface area contributed by atoms with Gasteiger partial charge in [0.1, 0.15) is 0 Å². The molecule has 0 aliphatic heterocycles. The van der Waals surface area contributed by atoms with Crippen molar-refractivity contribution in [1.82, 2.24) is 19.9 Å². The van der Waals surface area contributed by atoms with E-state index in [0.29, 0.717) is 5.75 Å². The van der Waals surface area contributed by atoms with E-state index in [1.54, 1.807) is 0 Å². The minimum Gasteiger partial charge on any atom is -0.481 e. The molecule has 0 atom stereocenters. The fourth-order valence-corrected chi connectivity index (χ4v) is 1.60. The molecule has 2 rings (SSSR count). The molecule has 94 valence electrons. The average Bonchev–Trinajstić information content (AvgIpc) is 2.72. The summed E-state index contributed by atoms with van der Waals surface area (Å²) in [4.78, 5) is 34.4. The first-order chi connectivity index (χ1) is 8.66. The topological polar surface area (TPSA) is 136 Å². The van der Waals surface area contributed by atoms with Crippen molar-refractivity contribution >= 4 is 35.0 Å². The highest BCUT2D eigenvalue weighted by atomic mass is 32.2. The van der Waals surface area contributed by atoms with Gasteiger partial charge in [0.05, 0.1) is 12.7 Å². The summed E-state index contributed by atoms with van der Waals surface area (Å²) in [5.41, 5.74) is 0.137. The number of nitrogens with one attached hydrogen (secondary N) is 2. The van der Waals surface area contributed by atoms with Gasteiger partial charge in [0.15, 0.2) is 11.2 Å². The summed E-state index contributed by atoms with van der Waals surface area (Å²) >= 11 is 1.00. The van der Waals surface area contributed by atoms with Gasteiger partial charge in [-0.05, 0) is 11.9 Å². The molecule has 0 aliphatic rings. The molecule has 9 nitrogen and oxygen atoms in total. The largest absolute Gasteiger partial charge is 0.481 e. The first-order valence-corrected chi connectivity index (χ1v) is 5.79. The van der Waals surface area contributed by atoms with Gasteiger partial charge in [-0.2, -0.15) is 4.98 Å². The van der Waals surface area contributed by atoms with Crippen molar-refractivity contribution in [1.29, 1.82) is 0 Å². The second-order valence-corrected chi connectivity index (χ2v) is 3.98. The lowest BCUT2D eigenvalue weighted by Gasteiger charge is -1.87. The molecule has 0 fully saturated rings. The number of carboxylic acids is 1. The first-order valence-electron chi connectivity index (χ1n) is 4.85. The van der Waals surface area contributed by atoms with Crippen LogP contribution >= 0.6 is 11.9 Å².